The van der Waals surface area contributed by atoms with Crippen molar-refractivity contribution in [1.29, 1.82) is 0 Å². The first-order valence-corrected chi connectivity index (χ1v) is 6.86. The van der Waals surface area contributed by atoms with Crippen molar-refractivity contribution in [2.75, 3.05) is 0 Å². The molecule has 0 aliphatic heterocycles. The number of nitrogens with zero attached hydrogens (tertiary/aromatic N) is 2. The van der Waals surface area contributed by atoms with E-state index >= 15 is 0 Å². The van der Waals surface area contributed by atoms with Gasteiger partial charge in [-0.25, -0.2) is 9.37 Å². The van der Waals surface area contributed by atoms with Crippen molar-refractivity contribution in [3.63, 3.8) is 0 Å². The largest absolute Gasteiger partial charge is 0.329 e. The Balaban J connectivity index is 2.35. The number of aromatic nitrogens is 3. The van der Waals surface area contributed by atoms with Gasteiger partial charge in [-0.05, 0) is 42.9 Å². The number of hydrogen-bond acceptors (Lipinski definition) is 2. The summed E-state index contributed by atoms with van der Waals surface area (Å²) in [5.41, 5.74) is 3.01. The Bertz CT molecular complexity index is 862. The molecule has 1 aromatic carbocycles. The van der Waals surface area contributed by atoms with Crippen LogP contribution in [0.15, 0.2) is 24.4 Å². The lowest BCUT2D eigenvalue weighted by Crippen LogP contribution is -1.97. The highest BCUT2D eigenvalue weighted by atomic mass is 35.5. The number of nitrogens with one attached hydrogen (secondary N) is 1. The zero-order valence-electron chi connectivity index (χ0n) is 10.2. The van der Waals surface area contributed by atoms with Gasteiger partial charge in [0.1, 0.15) is 0 Å². The molecule has 0 saturated heterocycles. The molecule has 0 spiro atoms. The maximum atomic E-state index is 13.5. The average molecular weight is 328 g/mol. The first-order chi connectivity index (χ1) is 9.47. The summed E-state index contributed by atoms with van der Waals surface area (Å²) in [4.78, 5) is 7.40. The van der Waals surface area contributed by atoms with Gasteiger partial charge in [0.15, 0.2) is 16.2 Å². The molecule has 0 bridgehead atoms. The van der Waals surface area contributed by atoms with Crippen molar-refractivity contribution >= 4 is 46.6 Å². The number of aryl methyl sites for hydroxylation is 1. The third kappa shape index (κ3) is 2.12. The van der Waals surface area contributed by atoms with Crippen molar-refractivity contribution in [3.8, 4) is 5.69 Å². The van der Waals surface area contributed by atoms with E-state index in [1.165, 1.54) is 12.1 Å². The highest BCUT2D eigenvalue weighted by molar-refractivity contribution is 7.71. The minimum atomic E-state index is -0.646. The molecular formula is C13H8Cl2FN3S. The second-order valence-electron chi connectivity index (χ2n) is 4.37. The van der Waals surface area contributed by atoms with Crippen LogP contribution in [0.1, 0.15) is 5.56 Å². The van der Waals surface area contributed by atoms with Crippen LogP contribution >= 0.6 is 35.4 Å². The minimum Gasteiger partial charge on any atom is -0.329 e. The highest BCUT2D eigenvalue weighted by Crippen LogP contribution is 2.28. The third-order valence-electron chi connectivity index (χ3n) is 2.89. The van der Waals surface area contributed by atoms with E-state index in [1.807, 2.05) is 13.0 Å². The van der Waals surface area contributed by atoms with Crippen molar-refractivity contribution in [1.82, 2.24) is 14.5 Å². The average Bonchev–Trinajstić information content (AvgIpc) is 2.70. The molecule has 0 atom stereocenters. The summed E-state index contributed by atoms with van der Waals surface area (Å²) in [5.74, 6) is -0.646. The van der Waals surface area contributed by atoms with E-state index < -0.39 is 5.82 Å². The van der Waals surface area contributed by atoms with Crippen LogP contribution < -0.4 is 0 Å². The van der Waals surface area contributed by atoms with E-state index in [2.05, 4.69) is 9.97 Å². The predicted octanol–water partition coefficient (Wildman–Crippen LogP) is 4.84. The molecule has 0 radical (unpaired) electrons. The zero-order chi connectivity index (χ0) is 14.4. The molecule has 102 valence electrons. The lowest BCUT2D eigenvalue weighted by Gasteiger charge is -2.06. The number of hydrogen-bond donors (Lipinski definition) is 1. The summed E-state index contributed by atoms with van der Waals surface area (Å²) in [6.45, 7) is 1.94. The Kier molecular flexibility index (Phi) is 3.28. The van der Waals surface area contributed by atoms with Crippen LogP contribution in [0.5, 0.6) is 0 Å². The second-order valence-corrected chi connectivity index (χ2v) is 5.57. The number of halogens is 3. The number of benzene rings is 1. The van der Waals surface area contributed by atoms with E-state index in [4.69, 9.17) is 35.4 Å². The summed E-state index contributed by atoms with van der Waals surface area (Å²) in [7, 11) is 0. The maximum Gasteiger partial charge on any atom is 0.183 e. The van der Waals surface area contributed by atoms with Gasteiger partial charge in [-0.15, -0.1) is 0 Å². The molecule has 3 aromatic rings. The summed E-state index contributed by atoms with van der Waals surface area (Å²) < 4.78 is 15.6. The van der Waals surface area contributed by atoms with Crippen molar-refractivity contribution < 1.29 is 4.39 Å². The summed E-state index contributed by atoms with van der Waals surface area (Å²) in [6, 6.07) is 4.86. The maximum absolute atomic E-state index is 13.5. The van der Waals surface area contributed by atoms with Gasteiger partial charge in [-0.2, -0.15) is 0 Å². The number of fused-ring (bicyclic) bond motifs is 1. The van der Waals surface area contributed by atoms with Gasteiger partial charge in [-0.1, -0.05) is 23.2 Å². The second kappa shape index (κ2) is 4.84. The standard InChI is InChI=1S/C13H8Cl2FN3S/c1-6-2-10-12(17-5-6)19(13(20)18-10)7-3-8(14)11(16)9(15)4-7/h2-5H,1H3,(H,18,20). The van der Waals surface area contributed by atoms with E-state index in [0.29, 0.717) is 16.1 Å². The van der Waals surface area contributed by atoms with E-state index in [-0.39, 0.29) is 10.0 Å². The van der Waals surface area contributed by atoms with Gasteiger partial charge in [0, 0.05) is 6.20 Å². The van der Waals surface area contributed by atoms with Crippen LogP contribution in [0, 0.1) is 17.5 Å². The van der Waals surface area contributed by atoms with Crippen molar-refractivity contribution in [2.24, 2.45) is 0 Å². The van der Waals surface area contributed by atoms with Gasteiger partial charge in [0.2, 0.25) is 0 Å². The molecular weight excluding hydrogens is 320 g/mol. The quantitative estimate of drug-likeness (QED) is 0.512. The Labute approximate surface area is 129 Å². The molecule has 0 fully saturated rings. The van der Waals surface area contributed by atoms with E-state index in [1.54, 1.807) is 10.8 Å². The Morgan fingerprint density at radius 2 is 1.90 bits per heavy atom. The number of imidazole rings is 1. The van der Waals surface area contributed by atoms with Crippen LogP contribution in [0.25, 0.3) is 16.9 Å². The normalized spacial score (nSPS) is 11.2. The number of aromatic amines is 1. The SMILES string of the molecule is Cc1cnc2c(c1)[nH]c(=S)n2-c1cc(Cl)c(F)c(Cl)c1. The molecule has 0 amide bonds. The molecule has 7 heteroatoms. The molecule has 2 aromatic heterocycles. The first-order valence-electron chi connectivity index (χ1n) is 5.69. The third-order valence-corrected chi connectivity index (χ3v) is 3.72. The molecule has 0 aliphatic rings. The molecule has 2 heterocycles. The van der Waals surface area contributed by atoms with Crippen LogP contribution in [-0.4, -0.2) is 14.5 Å². The van der Waals surface area contributed by atoms with Crippen molar-refractivity contribution in [3.05, 3.63) is 50.6 Å². The van der Waals surface area contributed by atoms with Crippen LogP contribution in [0.3, 0.4) is 0 Å². The van der Waals surface area contributed by atoms with Crippen LogP contribution in [0.4, 0.5) is 4.39 Å². The predicted molar refractivity (Wildman–Crippen MR) is 81.0 cm³/mol. The molecule has 3 nitrogen and oxygen atoms in total. The lowest BCUT2D eigenvalue weighted by molar-refractivity contribution is 0.628. The minimum absolute atomic E-state index is 0.0594. The molecule has 0 aliphatic carbocycles. The van der Waals surface area contributed by atoms with E-state index in [9.17, 15) is 4.39 Å². The molecule has 1 N–H and O–H groups in total. The monoisotopic (exact) mass is 327 g/mol. The first kappa shape index (κ1) is 13.5. The summed E-state index contributed by atoms with van der Waals surface area (Å²) >= 11 is 16.9. The summed E-state index contributed by atoms with van der Waals surface area (Å²) in [6.07, 6.45) is 1.73. The van der Waals surface area contributed by atoms with Gasteiger partial charge in [-0.3, -0.25) is 4.57 Å². The molecule has 0 saturated carbocycles. The van der Waals surface area contributed by atoms with Gasteiger partial charge >= 0.3 is 0 Å². The molecule has 0 unspecified atom stereocenters. The van der Waals surface area contributed by atoms with Gasteiger partial charge < -0.3 is 4.98 Å². The van der Waals surface area contributed by atoms with Crippen molar-refractivity contribution in [2.45, 2.75) is 6.92 Å². The molecule has 3 rings (SSSR count). The fourth-order valence-corrected chi connectivity index (χ4v) is 2.79. The fourth-order valence-electron chi connectivity index (χ4n) is 2.01. The summed E-state index contributed by atoms with van der Waals surface area (Å²) in [5, 5.41) is -0.119. The Morgan fingerprint density at radius 1 is 1.25 bits per heavy atom. The Hall–Kier alpha value is -1.43. The number of rotatable bonds is 1. The Morgan fingerprint density at radius 3 is 2.55 bits per heavy atom. The van der Waals surface area contributed by atoms with Crippen LogP contribution in [0.2, 0.25) is 10.0 Å². The highest BCUT2D eigenvalue weighted by Gasteiger charge is 2.13. The smallest absolute Gasteiger partial charge is 0.183 e. The van der Waals surface area contributed by atoms with Crippen LogP contribution in [-0.2, 0) is 0 Å². The zero-order valence-corrected chi connectivity index (χ0v) is 12.6. The van der Waals surface area contributed by atoms with Gasteiger partial charge in [0.25, 0.3) is 0 Å². The lowest BCUT2D eigenvalue weighted by atomic mass is 10.3. The number of H-pyrrole nitrogens is 1. The topological polar surface area (TPSA) is 33.6 Å². The fraction of sp³-hybridized carbons (Fsp3) is 0.0769. The van der Waals surface area contributed by atoms with Gasteiger partial charge in [0.05, 0.1) is 21.2 Å². The molecule has 20 heavy (non-hydrogen) atoms. The number of pyridine rings is 1. The van der Waals surface area contributed by atoms with E-state index in [0.717, 1.165) is 11.1 Å².